The topological polar surface area (TPSA) is 58.6 Å². The summed E-state index contributed by atoms with van der Waals surface area (Å²) in [5, 5.41) is 4.65. The van der Waals surface area contributed by atoms with Crippen molar-refractivity contribution in [2.45, 2.75) is 12.5 Å². The van der Waals surface area contributed by atoms with Gasteiger partial charge in [-0.25, -0.2) is 0 Å². The van der Waals surface area contributed by atoms with E-state index in [4.69, 9.17) is 4.74 Å². The van der Waals surface area contributed by atoms with Crippen LogP contribution in [0, 0.1) is 0 Å². The number of thiophene rings is 1. The maximum atomic E-state index is 12.4. The molecule has 0 bridgehead atoms. The zero-order valence-corrected chi connectivity index (χ0v) is 14.1. The molecular weight excluding hydrogens is 324 g/mol. The van der Waals surface area contributed by atoms with E-state index in [0.29, 0.717) is 37.5 Å². The molecule has 1 aromatic heterocycles. The third-order valence-corrected chi connectivity index (χ3v) is 4.83. The summed E-state index contributed by atoms with van der Waals surface area (Å²) in [4.78, 5) is 26.7. The number of carbonyl (C=O) groups is 2. The van der Waals surface area contributed by atoms with Gasteiger partial charge in [0, 0.05) is 19.5 Å². The van der Waals surface area contributed by atoms with E-state index in [1.165, 1.54) is 11.3 Å². The van der Waals surface area contributed by atoms with Crippen molar-refractivity contribution < 1.29 is 14.3 Å². The summed E-state index contributed by atoms with van der Waals surface area (Å²) < 4.78 is 5.77. The standard InChI is InChI=1S/C18H20N2O3S/c21-17(8-9-19-18(22)16-7-4-12-24-16)20-10-11-23-15(13-20)14-5-2-1-3-6-14/h1-7,12,15H,8-11,13H2,(H,19,22)/t15-/m0/s1. The Balaban J connectivity index is 1.47. The van der Waals surface area contributed by atoms with Crippen molar-refractivity contribution in [2.24, 2.45) is 0 Å². The molecule has 3 rings (SSSR count). The number of benzene rings is 1. The van der Waals surface area contributed by atoms with Gasteiger partial charge in [-0.05, 0) is 17.0 Å². The molecule has 1 fully saturated rings. The van der Waals surface area contributed by atoms with Crippen molar-refractivity contribution in [1.29, 1.82) is 0 Å². The lowest BCUT2D eigenvalue weighted by atomic mass is 10.1. The fourth-order valence-electron chi connectivity index (χ4n) is 2.68. The van der Waals surface area contributed by atoms with Crippen LogP contribution in [0.4, 0.5) is 0 Å². The van der Waals surface area contributed by atoms with Gasteiger partial charge in [0.2, 0.25) is 5.91 Å². The average molecular weight is 344 g/mol. The van der Waals surface area contributed by atoms with Crippen LogP contribution in [0.1, 0.15) is 27.8 Å². The monoisotopic (exact) mass is 344 g/mol. The number of amides is 2. The van der Waals surface area contributed by atoms with Crippen LogP contribution in [0.15, 0.2) is 47.8 Å². The molecule has 24 heavy (non-hydrogen) atoms. The summed E-state index contributed by atoms with van der Waals surface area (Å²) in [6, 6.07) is 13.5. The molecule has 1 saturated heterocycles. The maximum Gasteiger partial charge on any atom is 0.261 e. The molecule has 1 aliphatic rings. The van der Waals surface area contributed by atoms with Crippen molar-refractivity contribution in [3.8, 4) is 0 Å². The number of ether oxygens (including phenoxy) is 1. The molecule has 2 amide bonds. The Bertz CT molecular complexity index is 673. The maximum absolute atomic E-state index is 12.4. The first-order valence-corrected chi connectivity index (χ1v) is 8.88. The zero-order chi connectivity index (χ0) is 16.8. The molecule has 126 valence electrons. The SMILES string of the molecule is O=C(NCCC(=O)N1CCO[C@H](c2ccccc2)C1)c1cccs1. The third kappa shape index (κ3) is 4.21. The molecule has 5 nitrogen and oxygen atoms in total. The highest BCUT2D eigenvalue weighted by atomic mass is 32.1. The van der Waals surface area contributed by atoms with Crippen molar-refractivity contribution in [3.05, 3.63) is 58.3 Å². The fourth-order valence-corrected chi connectivity index (χ4v) is 3.32. The molecule has 0 radical (unpaired) electrons. The van der Waals surface area contributed by atoms with Gasteiger partial charge < -0.3 is 15.0 Å². The molecule has 0 spiro atoms. The molecular formula is C18H20N2O3S. The Kier molecular flexibility index (Phi) is 5.61. The highest BCUT2D eigenvalue weighted by molar-refractivity contribution is 7.12. The number of hydrogen-bond donors (Lipinski definition) is 1. The lowest BCUT2D eigenvalue weighted by Crippen LogP contribution is -2.43. The van der Waals surface area contributed by atoms with Gasteiger partial charge in [0.1, 0.15) is 6.10 Å². The number of hydrogen-bond acceptors (Lipinski definition) is 4. The predicted octanol–water partition coefficient (Wildman–Crippen LogP) is 2.47. The minimum absolute atomic E-state index is 0.0470. The highest BCUT2D eigenvalue weighted by Crippen LogP contribution is 2.22. The van der Waals surface area contributed by atoms with E-state index in [9.17, 15) is 9.59 Å². The summed E-state index contributed by atoms with van der Waals surface area (Å²) in [7, 11) is 0. The van der Waals surface area contributed by atoms with Crippen LogP contribution in [-0.2, 0) is 9.53 Å². The second-order valence-electron chi connectivity index (χ2n) is 5.59. The lowest BCUT2D eigenvalue weighted by molar-refractivity contribution is -0.138. The molecule has 0 aliphatic carbocycles. The molecule has 0 unspecified atom stereocenters. The minimum atomic E-state index is -0.123. The molecule has 2 aromatic rings. The Labute approximate surface area is 145 Å². The van der Waals surface area contributed by atoms with E-state index in [1.54, 1.807) is 6.07 Å². The van der Waals surface area contributed by atoms with Crippen LogP contribution >= 0.6 is 11.3 Å². The van der Waals surface area contributed by atoms with Gasteiger partial charge in [-0.2, -0.15) is 0 Å². The van der Waals surface area contributed by atoms with E-state index in [2.05, 4.69) is 5.32 Å². The number of morpholine rings is 1. The summed E-state index contributed by atoms with van der Waals surface area (Å²) >= 11 is 1.39. The van der Waals surface area contributed by atoms with Gasteiger partial charge in [-0.1, -0.05) is 36.4 Å². The second-order valence-corrected chi connectivity index (χ2v) is 6.54. The van der Waals surface area contributed by atoms with Crippen LogP contribution < -0.4 is 5.32 Å². The Morgan fingerprint density at radius 3 is 2.79 bits per heavy atom. The molecule has 1 atom stereocenters. The Morgan fingerprint density at radius 1 is 1.21 bits per heavy atom. The smallest absolute Gasteiger partial charge is 0.261 e. The van der Waals surface area contributed by atoms with Gasteiger partial charge in [-0.3, -0.25) is 9.59 Å². The molecule has 0 saturated carbocycles. The Hall–Kier alpha value is -2.18. The lowest BCUT2D eigenvalue weighted by Gasteiger charge is -2.33. The molecule has 6 heteroatoms. The van der Waals surface area contributed by atoms with E-state index in [1.807, 2.05) is 46.7 Å². The molecule has 1 aliphatic heterocycles. The van der Waals surface area contributed by atoms with Crippen molar-refractivity contribution in [3.63, 3.8) is 0 Å². The number of nitrogens with zero attached hydrogens (tertiary/aromatic N) is 1. The summed E-state index contributed by atoms with van der Waals surface area (Å²) in [6.45, 7) is 2.04. The minimum Gasteiger partial charge on any atom is -0.370 e. The van der Waals surface area contributed by atoms with E-state index >= 15 is 0 Å². The average Bonchev–Trinajstić information content (AvgIpc) is 3.17. The van der Waals surface area contributed by atoms with Crippen LogP contribution in [0.25, 0.3) is 0 Å². The van der Waals surface area contributed by atoms with Crippen molar-refractivity contribution in [2.75, 3.05) is 26.2 Å². The summed E-state index contributed by atoms with van der Waals surface area (Å²) in [6.07, 6.45) is 0.225. The quantitative estimate of drug-likeness (QED) is 0.906. The first-order chi connectivity index (χ1) is 11.7. The van der Waals surface area contributed by atoms with E-state index < -0.39 is 0 Å². The van der Waals surface area contributed by atoms with Gasteiger partial charge in [0.25, 0.3) is 5.91 Å². The van der Waals surface area contributed by atoms with Crippen LogP contribution in [-0.4, -0.2) is 43.0 Å². The van der Waals surface area contributed by atoms with E-state index in [0.717, 1.165) is 5.56 Å². The zero-order valence-electron chi connectivity index (χ0n) is 13.3. The van der Waals surface area contributed by atoms with Gasteiger partial charge in [0.05, 0.1) is 18.0 Å². The summed E-state index contributed by atoms with van der Waals surface area (Å²) in [5.41, 5.74) is 1.08. The molecule has 1 aromatic carbocycles. The third-order valence-electron chi connectivity index (χ3n) is 3.96. The fraction of sp³-hybridized carbons (Fsp3) is 0.333. The largest absolute Gasteiger partial charge is 0.370 e. The van der Waals surface area contributed by atoms with Crippen LogP contribution in [0.2, 0.25) is 0 Å². The first kappa shape index (κ1) is 16.7. The van der Waals surface area contributed by atoms with Crippen LogP contribution in [0.3, 0.4) is 0 Å². The van der Waals surface area contributed by atoms with Crippen molar-refractivity contribution >= 4 is 23.2 Å². The number of carbonyl (C=O) groups excluding carboxylic acids is 2. The second kappa shape index (κ2) is 8.08. The highest BCUT2D eigenvalue weighted by Gasteiger charge is 2.25. The van der Waals surface area contributed by atoms with Gasteiger partial charge in [0.15, 0.2) is 0 Å². The van der Waals surface area contributed by atoms with Gasteiger partial charge in [-0.15, -0.1) is 11.3 Å². The normalized spacial score (nSPS) is 17.5. The number of nitrogens with one attached hydrogen (secondary N) is 1. The molecule has 1 N–H and O–H groups in total. The molecule has 2 heterocycles. The predicted molar refractivity (Wildman–Crippen MR) is 93.0 cm³/mol. The van der Waals surface area contributed by atoms with Crippen LogP contribution in [0.5, 0.6) is 0 Å². The number of rotatable bonds is 5. The first-order valence-electron chi connectivity index (χ1n) is 8.00. The Morgan fingerprint density at radius 2 is 2.04 bits per heavy atom. The summed E-state index contributed by atoms with van der Waals surface area (Å²) in [5.74, 6) is -0.0762. The van der Waals surface area contributed by atoms with Gasteiger partial charge >= 0.3 is 0 Å². The van der Waals surface area contributed by atoms with Crippen molar-refractivity contribution in [1.82, 2.24) is 10.2 Å². The van der Waals surface area contributed by atoms with E-state index in [-0.39, 0.29) is 17.9 Å².